The molecule has 3 rings (SSSR count). The summed E-state index contributed by atoms with van der Waals surface area (Å²) in [4.78, 5) is 36.6. The monoisotopic (exact) mass is 466 g/mol. The van der Waals surface area contributed by atoms with Crippen molar-refractivity contribution in [3.8, 4) is 11.5 Å². The van der Waals surface area contributed by atoms with E-state index in [0.717, 1.165) is 11.1 Å². The first-order valence-corrected chi connectivity index (χ1v) is 10.3. The van der Waals surface area contributed by atoms with E-state index in [4.69, 9.17) is 4.74 Å². The Morgan fingerprint density at radius 2 is 1.91 bits per heavy atom. The molecule has 0 bridgehead atoms. The van der Waals surface area contributed by atoms with Crippen LogP contribution in [0.3, 0.4) is 0 Å². The molecule has 1 heterocycles. The number of methoxy groups -OCH3 is 1. The van der Waals surface area contributed by atoms with Crippen molar-refractivity contribution in [3.63, 3.8) is 0 Å². The number of thiophene rings is 1. The third kappa shape index (κ3) is 5.80. The molecule has 0 radical (unpaired) electrons. The van der Waals surface area contributed by atoms with Gasteiger partial charge in [0.1, 0.15) is 5.70 Å². The molecule has 33 heavy (non-hydrogen) atoms. The van der Waals surface area contributed by atoms with E-state index >= 15 is 0 Å². The molecule has 0 aliphatic heterocycles. The molecule has 0 aliphatic rings. The number of aromatic hydroxyl groups is 1. The zero-order valence-corrected chi connectivity index (χ0v) is 18.0. The van der Waals surface area contributed by atoms with Crippen molar-refractivity contribution in [1.29, 1.82) is 0 Å². The van der Waals surface area contributed by atoms with Gasteiger partial charge in [-0.3, -0.25) is 19.7 Å². The Hall–Kier alpha value is -4.51. The van der Waals surface area contributed by atoms with Crippen LogP contribution in [0.25, 0.3) is 6.08 Å². The molecule has 2 aromatic carbocycles. The van der Waals surface area contributed by atoms with Gasteiger partial charge in [0.15, 0.2) is 5.75 Å². The van der Waals surface area contributed by atoms with Crippen molar-refractivity contribution < 1.29 is 24.4 Å². The van der Waals surface area contributed by atoms with Gasteiger partial charge in [0.25, 0.3) is 11.8 Å². The maximum atomic E-state index is 12.7. The highest BCUT2D eigenvalue weighted by Crippen LogP contribution is 2.37. The number of hydrogen-bond acceptors (Lipinski definition) is 8. The summed E-state index contributed by atoms with van der Waals surface area (Å²) in [6, 6.07) is 14.4. The number of carbonyl (C=O) groups excluding carboxylic acids is 2. The van der Waals surface area contributed by atoms with E-state index in [1.165, 1.54) is 36.7 Å². The second-order valence-corrected chi connectivity index (χ2v) is 7.38. The van der Waals surface area contributed by atoms with Gasteiger partial charge in [-0.15, -0.1) is 11.3 Å². The summed E-state index contributed by atoms with van der Waals surface area (Å²) in [5.41, 5.74) is 2.02. The number of nitrogens with zero attached hydrogens (tertiary/aromatic N) is 2. The summed E-state index contributed by atoms with van der Waals surface area (Å²) in [6.07, 6.45) is 2.53. The van der Waals surface area contributed by atoms with Gasteiger partial charge in [-0.2, -0.15) is 5.10 Å². The van der Waals surface area contributed by atoms with Crippen LogP contribution in [-0.4, -0.2) is 35.2 Å². The largest absolute Gasteiger partial charge is 0.504 e. The number of benzene rings is 2. The zero-order valence-electron chi connectivity index (χ0n) is 17.2. The van der Waals surface area contributed by atoms with E-state index in [0.29, 0.717) is 5.56 Å². The molecule has 10 nitrogen and oxygen atoms in total. The first-order valence-electron chi connectivity index (χ1n) is 9.40. The van der Waals surface area contributed by atoms with Crippen LogP contribution in [0, 0.1) is 10.1 Å². The minimum absolute atomic E-state index is 0.00735. The van der Waals surface area contributed by atoms with E-state index in [1.54, 1.807) is 42.5 Å². The van der Waals surface area contributed by atoms with Crippen LogP contribution in [0.15, 0.2) is 70.8 Å². The van der Waals surface area contributed by atoms with Crippen molar-refractivity contribution in [2.24, 2.45) is 5.10 Å². The van der Waals surface area contributed by atoms with Crippen molar-refractivity contribution in [3.05, 3.63) is 91.8 Å². The molecule has 0 atom stereocenters. The second-order valence-electron chi connectivity index (χ2n) is 6.41. The third-order valence-corrected chi connectivity index (χ3v) is 5.08. The topological polar surface area (TPSA) is 143 Å². The minimum atomic E-state index is -0.739. The van der Waals surface area contributed by atoms with Crippen LogP contribution < -0.4 is 15.5 Å². The van der Waals surface area contributed by atoms with E-state index in [-0.39, 0.29) is 17.0 Å². The predicted molar refractivity (Wildman–Crippen MR) is 123 cm³/mol. The number of amides is 2. The summed E-state index contributed by atoms with van der Waals surface area (Å²) >= 11 is 1.36. The quantitative estimate of drug-likeness (QED) is 0.201. The molecular formula is C22H18N4O6S. The number of ether oxygens (including phenoxy) is 1. The number of hydrazone groups is 1. The molecule has 2 amide bonds. The smallest absolute Gasteiger partial charge is 0.323 e. The fraction of sp³-hybridized carbons (Fsp3) is 0.0455. The van der Waals surface area contributed by atoms with Crippen LogP contribution in [0.2, 0.25) is 0 Å². The van der Waals surface area contributed by atoms with Crippen LogP contribution in [0.5, 0.6) is 11.5 Å². The fourth-order valence-corrected chi connectivity index (χ4v) is 3.41. The van der Waals surface area contributed by atoms with E-state index in [9.17, 15) is 24.8 Å². The highest BCUT2D eigenvalue weighted by Gasteiger charge is 2.23. The number of nitro groups is 1. The van der Waals surface area contributed by atoms with Gasteiger partial charge in [0, 0.05) is 10.4 Å². The third-order valence-electron chi connectivity index (χ3n) is 4.26. The number of hydrogen-bond donors (Lipinski definition) is 3. The van der Waals surface area contributed by atoms with E-state index < -0.39 is 28.2 Å². The van der Waals surface area contributed by atoms with Crippen LogP contribution in [0.4, 0.5) is 5.69 Å². The van der Waals surface area contributed by atoms with Crippen LogP contribution >= 0.6 is 11.3 Å². The molecule has 11 heteroatoms. The normalized spacial score (nSPS) is 11.2. The van der Waals surface area contributed by atoms with Gasteiger partial charge in [0.05, 0.1) is 23.8 Å². The fourth-order valence-electron chi connectivity index (χ4n) is 2.75. The second kappa shape index (κ2) is 10.7. The zero-order chi connectivity index (χ0) is 23.8. The maximum absolute atomic E-state index is 12.7. The van der Waals surface area contributed by atoms with Crippen LogP contribution in [-0.2, 0) is 4.79 Å². The average molecular weight is 466 g/mol. The summed E-state index contributed by atoms with van der Waals surface area (Å²) in [7, 11) is 1.18. The Morgan fingerprint density at radius 3 is 2.55 bits per heavy atom. The van der Waals surface area contributed by atoms with Crippen molar-refractivity contribution in [1.82, 2.24) is 10.7 Å². The van der Waals surface area contributed by atoms with Crippen molar-refractivity contribution in [2.75, 3.05) is 7.11 Å². The van der Waals surface area contributed by atoms with Gasteiger partial charge in [-0.25, -0.2) is 5.43 Å². The Labute approximate surface area is 192 Å². The minimum Gasteiger partial charge on any atom is -0.504 e. The molecular weight excluding hydrogens is 448 g/mol. The summed E-state index contributed by atoms with van der Waals surface area (Å²) in [5.74, 6) is -1.97. The number of phenolic OH excluding ortho intramolecular Hbond substituents is 1. The summed E-state index contributed by atoms with van der Waals surface area (Å²) in [5, 5.41) is 29.3. The molecule has 3 aromatic rings. The molecule has 1 aromatic heterocycles. The predicted octanol–water partition coefficient (Wildman–Crippen LogP) is 3.29. The van der Waals surface area contributed by atoms with Gasteiger partial charge in [-0.05, 0) is 41.8 Å². The molecule has 3 N–H and O–H groups in total. The Bertz CT molecular complexity index is 1220. The first-order chi connectivity index (χ1) is 15.9. The highest BCUT2D eigenvalue weighted by atomic mass is 32.1. The Kier molecular flexibility index (Phi) is 7.50. The number of carbonyl (C=O) groups is 2. The Morgan fingerprint density at radius 1 is 1.15 bits per heavy atom. The van der Waals surface area contributed by atoms with Crippen LogP contribution in [0.1, 0.15) is 20.8 Å². The molecule has 0 saturated carbocycles. The average Bonchev–Trinajstić information content (AvgIpc) is 3.32. The van der Waals surface area contributed by atoms with Gasteiger partial charge in [0.2, 0.25) is 5.75 Å². The first kappa shape index (κ1) is 23.2. The molecule has 0 saturated heterocycles. The van der Waals surface area contributed by atoms with Crippen molar-refractivity contribution >= 4 is 41.1 Å². The summed E-state index contributed by atoms with van der Waals surface area (Å²) < 4.78 is 4.89. The molecule has 0 fully saturated rings. The van der Waals surface area contributed by atoms with Gasteiger partial charge < -0.3 is 15.2 Å². The number of nitro benzene ring substituents is 1. The van der Waals surface area contributed by atoms with Gasteiger partial charge in [-0.1, -0.05) is 24.3 Å². The van der Waals surface area contributed by atoms with E-state index in [2.05, 4.69) is 15.8 Å². The van der Waals surface area contributed by atoms with E-state index in [1.807, 2.05) is 5.38 Å². The molecule has 0 aliphatic carbocycles. The lowest BCUT2D eigenvalue weighted by Crippen LogP contribution is -2.32. The lowest BCUT2D eigenvalue weighted by atomic mass is 10.1. The lowest BCUT2D eigenvalue weighted by Gasteiger charge is -2.09. The van der Waals surface area contributed by atoms with Crippen molar-refractivity contribution in [2.45, 2.75) is 0 Å². The standard InChI is InChI=1S/C22H18N4O6S/c1-32-20-18(27)10-9-15(19(20)26(30)31)13-23-25-22(29)17(12-16-8-5-11-33-16)24-21(28)14-6-3-2-4-7-14/h2-13,27H,1H3,(H,24,28)(H,25,29)/b17-12+,23-13+. The maximum Gasteiger partial charge on any atom is 0.323 e. The Balaban J connectivity index is 1.83. The molecule has 0 unspecified atom stereocenters. The van der Waals surface area contributed by atoms with Gasteiger partial charge >= 0.3 is 5.69 Å². The molecule has 168 valence electrons. The molecule has 0 spiro atoms. The number of rotatable bonds is 8. The SMILES string of the molecule is COc1c(O)ccc(/C=N/NC(=O)/C(=C\c2cccs2)NC(=O)c2ccccc2)c1[N+](=O)[O-]. The lowest BCUT2D eigenvalue weighted by molar-refractivity contribution is -0.386. The number of phenols is 1. The number of nitrogens with one attached hydrogen (secondary N) is 2. The highest BCUT2D eigenvalue weighted by molar-refractivity contribution is 7.10. The summed E-state index contributed by atoms with van der Waals surface area (Å²) in [6.45, 7) is 0.